The molecule has 0 bridgehead atoms. The van der Waals surface area contributed by atoms with Crippen LogP contribution in [0.4, 0.5) is 0 Å². The molecule has 0 radical (unpaired) electrons. The van der Waals surface area contributed by atoms with E-state index < -0.39 is 0 Å². The smallest absolute Gasteiger partial charge is 0.000834 e. The average molecular weight is 453 g/mol. The van der Waals surface area contributed by atoms with E-state index in [-0.39, 0.29) is 0 Å². The Morgan fingerprint density at radius 2 is 0.667 bits per heavy atom. The Bertz CT molecular complexity index is 590. The number of hydrogen-bond donors (Lipinski definition) is 4. The summed E-state index contributed by atoms with van der Waals surface area (Å²) in [6, 6.07) is 21.4. The number of hydrogen-bond acceptors (Lipinski definition) is 4. The normalized spacial score (nSPS) is 11.2. The molecule has 0 saturated heterocycles. The van der Waals surface area contributed by atoms with Gasteiger partial charge < -0.3 is 21.3 Å². The van der Waals surface area contributed by atoms with Crippen molar-refractivity contribution in [1.82, 2.24) is 21.3 Å². The molecule has 0 spiro atoms. The molecule has 4 N–H and O–H groups in total. The van der Waals surface area contributed by atoms with Crippen molar-refractivity contribution in [3.05, 3.63) is 71.8 Å². The molecule has 0 amide bonds. The van der Waals surface area contributed by atoms with Crippen molar-refractivity contribution >= 4 is 0 Å². The Labute approximate surface area is 203 Å². The molecule has 0 aromatic heterocycles. The summed E-state index contributed by atoms with van der Waals surface area (Å²) >= 11 is 0. The molecule has 0 fully saturated rings. The predicted octanol–water partition coefficient (Wildman–Crippen LogP) is 4.56. The minimum atomic E-state index is 1.07. The van der Waals surface area contributed by atoms with Crippen LogP contribution in [0.1, 0.15) is 56.1 Å². The Morgan fingerprint density at radius 3 is 1.09 bits per heavy atom. The SMILES string of the molecule is c1ccc(CCNCCCNCCCCCCCNCCCNCCc2ccccc2)cc1. The fraction of sp³-hybridized carbons (Fsp3) is 0.586. The third kappa shape index (κ3) is 16.5. The van der Waals surface area contributed by atoms with Gasteiger partial charge in [0.05, 0.1) is 0 Å². The molecule has 0 aliphatic rings. The van der Waals surface area contributed by atoms with Gasteiger partial charge in [0.25, 0.3) is 0 Å². The first-order valence-corrected chi connectivity index (χ1v) is 13.4. The zero-order valence-corrected chi connectivity index (χ0v) is 20.8. The van der Waals surface area contributed by atoms with Crippen LogP contribution in [-0.4, -0.2) is 52.4 Å². The minimum absolute atomic E-state index is 1.07. The summed E-state index contributed by atoms with van der Waals surface area (Å²) in [5, 5.41) is 14.3. The highest BCUT2D eigenvalue weighted by Crippen LogP contribution is 2.02. The maximum absolute atomic E-state index is 3.58. The van der Waals surface area contributed by atoms with Gasteiger partial charge in [-0.05, 0) is 102 Å². The van der Waals surface area contributed by atoms with Gasteiger partial charge in [0.2, 0.25) is 0 Å². The summed E-state index contributed by atoms with van der Waals surface area (Å²) in [5.74, 6) is 0. The Morgan fingerprint density at radius 1 is 0.333 bits per heavy atom. The third-order valence-electron chi connectivity index (χ3n) is 5.99. The van der Waals surface area contributed by atoms with Crippen LogP contribution in [-0.2, 0) is 12.8 Å². The van der Waals surface area contributed by atoms with E-state index in [1.54, 1.807) is 0 Å². The molecule has 33 heavy (non-hydrogen) atoms. The van der Waals surface area contributed by atoms with Gasteiger partial charge >= 0.3 is 0 Å². The van der Waals surface area contributed by atoms with Crippen LogP contribution < -0.4 is 21.3 Å². The molecule has 0 atom stereocenters. The van der Waals surface area contributed by atoms with Gasteiger partial charge in [-0.25, -0.2) is 0 Å². The maximum Gasteiger partial charge on any atom is -0.000834 e. The van der Waals surface area contributed by atoms with Gasteiger partial charge in [-0.15, -0.1) is 0 Å². The molecular weight excluding hydrogens is 404 g/mol. The lowest BCUT2D eigenvalue weighted by atomic mass is 10.1. The zero-order chi connectivity index (χ0) is 23.1. The number of unbranched alkanes of at least 4 members (excludes halogenated alkanes) is 4. The summed E-state index contributed by atoms with van der Waals surface area (Å²) in [6.07, 6.45) is 11.4. The second-order valence-electron chi connectivity index (χ2n) is 8.95. The van der Waals surface area contributed by atoms with Crippen molar-refractivity contribution < 1.29 is 0 Å². The second kappa shape index (κ2) is 20.9. The van der Waals surface area contributed by atoms with Crippen LogP contribution in [0.25, 0.3) is 0 Å². The largest absolute Gasteiger partial charge is 0.317 e. The molecule has 4 heteroatoms. The minimum Gasteiger partial charge on any atom is -0.317 e. The number of nitrogens with one attached hydrogen (secondary N) is 4. The van der Waals surface area contributed by atoms with E-state index in [4.69, 9.17) is 0 Å². The lowest BCUT2D eigenvalue weighted by molar-refractivity contribution is 0.537. The molecule has 184 valence electrons. The summed E-state index contributed by atoms with van der Waals surface area (Å²) in [5.41, 5.74) is 2.84. The molecule has 4 nitrogen and oxygen atoms in total. The fourth-order valence-electron chi connectivity index (χ4n) is 3.96. The van der Waals surface area contributed by atoms with Crippen molar-refractivity contribution in [1.29, 1.82) is 0 Å². The van der Waals surface area contributed by atoms with E-state index >= 15 is 0 Å². The van der Waals surface area contributed by atoms with Crippen molar-refractivity contribution in [2.75, 3.05) is 52.4 Å². The zero-order valence-electron chi connectivity index (χ0n) is 20.8. The van der Waals surface area contributed by atoms with Gasteiger partial charge in [-0.1, -0.05) is 79.9 Å². The molecule has 0 unspecified atom stereocenters. The van der Waals surface area contributed by atoms with Crippen molar-refractivity contribution in [3.8, 4) is 0 Å². The average Bonchev–Trinajstić information content (AvgIpc) is 2.86. The topological polar surface area (TPSA) is 48.1 Å². The van der Waals surface area contributed by atoms with Crippen LogP contribution >= 0.6 is 0 Å². The van der Waals surface area contributed by atoms with E-state index in [0.717, 1.165) is 52.1 Å². The summed E-state index contributed by atoms with van der Waals surface area (Å²) in [6.45, 7) is 8.95. The Kier molecular flexibility index (Phi) is 17.4. The standard InChI is InChI=1S/C29H48N4/c1(2-10-20-30-22-12-24-32-26-18-28-14-6-4-7-15-28)3-11-21-31-23-13-25-33-27-19-29-16-8-5-9-17-29/h4-9,14-17,30-33H,1-3,10-13,18-27H2. The maximum atomic E-state index is 3.58. The predicted molar refractivity (Wildman–Crippen MR) is 144 cm³/mol. The summed E-state index contributed by atoms with van der Waals surface area (Å²) in [4.78, 5) is 0. The molecule has 2 aromatic rings. The monoisotopic (exact) mass is 452 g/mol. The van der Waals surface area contributed by atoms with E-state index in [9.17, 15) is 0 Å². The molecule has 0 aliphatic heterocycles. The lowest BCUT2D eigenvalue weighted by Gasteiger charge is -2.08. The van der Waals surface area contributed by atoms with Gasteiger partial charge in [0, 0.05) is 0 Å². The third-order valence-corrected chi connectivity index (χ3v) is 5.99. The fourth-order valence-corrected chi connectivity index (χ4v) is 3.96. The highest BCUT2D eigenvalue weighted by atomic mass is 14.9. The highest BCUT2D eigenvalue weighted by molar-refractivity contribution is 5.15. The second-order valence-corrected chi connectivity index (χ2v) is 8.95. The number of benzene rings is 2. The van der Waals surface area contributed by atoms with Gasteiger partial charge in [-0.3, -0.25) is 0 Å². The van der Waals surface area contributed by atoms with Crippen molar-refractivity contribution in [2.45, 2.75) is 57.8 Å². The van der Waals surface area contributed by atoms with Crippen molar-refractivity contribution in [2.24, 2.45) is 0 Å². The van der Waals surface area contributed by atoms with Gasteiger partial charge in [0.1, 0.15) is 0 Å². The Hall–Kier alpha value is -1.72. The molecule has 0 heterocycles. The van der Waals surface area contributed by atoms with E-state index in [1.165, 1.54) is 69.2 Å². The van der Waals surface area contributed by atoms with E-state index in [0.29, 0.717) is 0 Å². The summed E-state index contributed by atoms with van der Waals surface area (Å²) < 4.78 is 0. The molecule has 2 rings (SSSR count). The molecule has 2 aromatic carbocycles. The first-order chi connectivity index (χ1) is 16.4. The van der Waals surface area contributed by atoms with Crippen LogP contribution in [0.2, 0.25) is 0 Å². The molecule has 0 aliphatic carbocycles. The van der Waals surface area contributed by atoms with Crippen LogP contribution in [0, 0.1) is 0 Å². The highest BCUT2D eigenvalue weighted by Gasteiger charge is 1.95. The van der Waals surface area contributed by atoms with Gasteiger partial charge in [0.15, 0.2) is 0 Å². The van der Waals surface area contributed by atoms with Gasteiger partial charge in [-0.2, -0.15) is 0 Å². The van der Waals surface area contributed by atoms with Crippen LogP contribution in [0.3, 0.4) is 0 Å². The molecule has 0 saturated carbocycles. The van der Waals surface area contributed by atoms with E-state index in [2.05, 4.69) is 81.9 Å². The van der Waals surface area contributed by atoms with E-state index in [1.807, 2.05) is 0 Å². The number of rotatable bonds is 22. The quantitative estimate of drug-likeness (QED) is 0.198. The lowest BCUT2D eigenvalue weighted by Crippen LogP contribution is -2.24. The van der Waals surface area contributed by atoms with Crippen LogP contribution in [0.15, 0.2) is 60.7 Å². The Balaban J connectivity index is 1.20. The van der Waals surface area contributed by atoms with Crippen molar-refractivity contribution in [3.63, 3.8) is 0 Å². The summed E-state index contributed by atoms with van der Waals surface area (Å²) in [7, 11) is 0. The van der Waals surface area contributed by atoms with Crippen LogP contribution in [0.5, 0.6) is 0 Å². The first-order valence-electron chi connectivity index (χ1n) is 13.4. The first kappa shape index (κ1) is 27.5. The molecular formula is C29H48N4.